The summed E-state index contributed by atoms with van der Waals surface area (Å²) in [5, 5.41) is 20.4. The number of methoxy groups -OCH3 is 1. The van der Waals surface area contributed by atoms with Gasteiger partial charge in [0.15, 0.2) is 0 Å². The van der Waals surface area contributed by atoms with Gasteiger partial charge in [0.25, 0.3) is 11.2 Å². The van der Waals surface area contributed by atoms with Gasteiger partial charge in [0.05, 0.1) is 12.0 Å². The molecule has 1 heterocycles. The Kier molecular flexibility index (Phi) is 5.83. The Bertz CT molecular complexity index is 1220. The number of nitriles is 1. The van der Waals surface area contributed by atoms with Crippen molar-refractivity contribution in [3.05, 3.63) is 85.3 Å². The highest BCUT2D eigenvalue weighted by Crippen LogP contribution is 2.30. The molecule has 0 aliphatic rings. The minimum atomic E-state index is -0.443. The SMILES string of the molecule is COc1ccc(-c2cc(C)[nH]c(=O)c2C#N)cc1COc1ccc([N+](=O)[O-])c(C)c1. The second kappa shape index (κ2) is 8.49. The zero-order valence-corrected chi connectivity index (χ0v) is 16.7. The fourth-order valence-corrected chi connectivity index (χ4v) is 3.17. The van der Waals surface area contributed by atoms with E-state index in [1.807, 2.05) is 6.07 Å². The van der Waals surface area contributed by atoms with E-state index in [9.17, 15) is 20.2 Å². The minimum Gasteiger partial charge on any atom is -0.496 e. The molecule has 0 radical (unpaired) electrons. The van der Waals surface area contributed by atoms with Crippen LogP contribution in [0.3, 0.4) is 0 Å². The zero-order chi connectivity index (χ0) is 21.8. The van der Waals surface area contributed by atoms with E-state index < -0.39 is 10.5 Å². The normalized spacial score (nSPS) is 10.3. The molecular formula is C22H19N3O5. The van der Waals surface area contributed by atoms with Crippen LogP contribution in [0.15, 0.2) is 47.3 Å². The molecule has 3 aromatic rings. The number of nitro groups is 1. The summed E-state index contributed by atoms with van der Waals surface area (Å²) in [6.45, 7) is 3.53. The fourth-order valence-electron chi connectivity index (χ4n) is 3.17. The maximum Gasteiger partial charge on any atom is 0.272 e. The number of aryl methyl sites for hydroxylation is 2. The Morgan fingerprint density at radius 3 is 2.57 bits per heavy atom. The van der Waals surface area contributed by atoms with Crippen LogP contribution in [-0.4, -0.2) is 17.0 Å². The number of pyridine rings is 1. The van der Waals surface area contributed by atoms with Gasteiger partial charge in [0.1, 0.15) is 29.7 Å². The van der Waals surface area contributed by atoms with Crippen molar-refractivity contribution in [1.82, 2.24) is 4.98 Å². The van der Waals surface area contributed by atoms with E-state index in [0.717, 1.165) is 0 Å². The zero-order valence-electron chi connectivity index (χ0n) is 16.7. The summed E-state index contributed by atoms with van der Waals surface area (Å²) in [4.78, 5) is 25.3. The van der Waals surface area contributed by atoms with Crippen LogP contribution in [0.25, 0.3) is 11.1 Å². The van der Waals surface area contributed by atoms with Crippen LogP contribution in [0.1, 0.15) is 22.4 Å². The van der Waals surface area contributed by atoms with E-state index in [2.05, 4.69) is 4.98 Å². The van der Waals surface area contributed by atoms with Gasteiger partial charge < -0.3 is 14.5 Å². The molecule has 1 aromatic heterocycles. The van der Waals surface area contributed by atoms with Gasteiger partial charge >= 0.3 is 0 Å². The number of H-pyrrole nitrogens is 1. The predicted molar refractivity (Wildman–Crippen MR) is 111 cm³/mol. The van der Waals surface area contributed by atoms with Crippen molar-refractivity contribution in [1.29, 1.82) is 5.26 Å². The van der Waals surface area contributed by atoms with E-state index in [0.29, 0.717) is 39.4 Å². The van der Waals surface area contributed by atoms with Crippen LogP contribution in [0.2, 0.25) is 0 Å². The van der Waals surface area contributed by atoms with Crippen LogP contribution in [0.5, 0.6) is 11.5 Å². The van der Waals surface area contributed by atoms with Gasteiger partial charge in [0, 0.05) is 28.5 Å². The number of nitro benzene ring substituents is 1. The van der Waals surface area contributed by atoms with Gasteiger partial charge in [0.2, 0.25) is 0 Å². The Morgan fingerprint density at radius 2 is 1.93 bits per heavy atom. The fraction of sp³-hybridized carbons (Fsp3) is 0.182. The first-order chi connectivity index (χ1) is 14.3. The van der Waals surface area contributed by atoms with Gasteiger partial charge in [-0.05, 0) is 49.7 Å². The summed E-state index contributed by atoms with van der Waals surface area (Å²) in [6, 6.07) is 13.5. The monoisotopic (exact) mass is 405 g/mol. The molecule has 0 atom stereocenters. The Morgan fingerprint density at radius 1 is 1.17 bits per heavy atom. The first kappa shape index (κ1) is 20.6. The molecule has 1 N–H and O–H groups in total. The van der Waals surface area contributed by atoms with Crippen LogP contribution in [0, 0.1) is 35.3 Å². The van der Waals surface area contributed by atoms with Crippen LogP contribution in [0.4, 0.5) is 5.69 Å². The molecule has 0 aliphatic heterocycles. The predicted octanol–water partition coefficient (Wildman–Crippen LogP) is 4.03. The molecule has 0 saturated heterocycles. The third-order valence-electron chi connectivity index (χ3n) is 4.63. The van der Waals surface area contributed by atoms with Crippen molar-refractivity contribution >= 4 is 5.69 Å². The van der Waals surface area contributed by atoms with Crippen molar-refractivity contribution in [2.24, 2.45) is 0 Å². The summed E-state index contributed by atoms with van der Waals surface area (Å²) < 4.78 is 11.2. The first-order valence-corrected chi connectivity index (χ1v) is 9.03. The van der Waals surface area contributed by atoms with Crippen LogP contribution >= 0.6 is 0 Å². The topological polar surface area (TPSA) is 118 Å². The summed E-state index contributed by atoms with van der Waals surface area (Å²) in [5.41, 5.74) is 2.66. The van der Waals surface area contributed by atoms with Crippen LogP contribution in [-0.2, 0) is 6.61 Å². The lowest BCUT2D eigenvalue weighted by Crippen LogP contribution is -2.12. The quantitative estimate of drug-likeness (QED) is 0.489. The molecular weight excluding hydrogens is 386 g/mol. The maximum absolute atomic E-state index is 12.1. The third-order valence-corrected chi connectivity index (χ3v) is 4.63. The van der Waals surface area contributed by atoms with Gasteiger partial charge in [-0.3, -0.25) is 14.9 Å². The minimum absolute atomic E-state index is 0.0237. The summed E-state index contributed by atoms with van der Waals surface area (Å²) in [5.74, 6) is 1.06. The number of ether oxygens (including phenoxy) is 2. The summed E-state index contributed by atoms with van der Waals surface area (Å²) in [6.07, 6.45) is 0. The third kappa shape index (κ3) is 4.15. The maximum atomic E-state index is 12.1. The summed E-state index contributed by atoms with van der Waals surface area (Å²) >= 11 is 0. The highest BCUT2D eigenvalue weighted by molar-refractivity contribution is 5.71. The van der Waals surface area contributed by atoms with Gasteiger partial charge in [-0.15, -0.1) is 0 Å². The molecule has 152 valence electrons. The second-order valence-corrected chi connectivity index (χ2v) is 6.70. The van der Waals surface area contributed by atoms with Crippen LogP contribution < -0.4 is 15.0 Å². The molecule has 8 nitrogen and oxygen atoms in total. The highest BCUT2D eigenvalue weighted by Gasteiger charge is 2.14. The number of aromatic nitrogens is 1. The molecule has 0 saturated carbocycles. The van der Waals surface area contributed by atoms with Gasteiger partial charge in [-0.2, -0.15) is 5.26 Å². The molecule has 0 aliphatic carbocycles. The largest absolute Gasteiger partial charge is 0.496 e. The van der Waals surface area contributed by atoms with Gasteiger partial charge in [-0.1, -0.05) is 6.07 Å². The molecule has 0 bridgehead atoms. The van der Waals surface area contributed by atoms with E-state index >= 15 is 0 Å². The van der Waals surface area contributed by atoms with Crippen molar-refractivity contribution in [2.75, 3.05) is 7.11 Å². The lowest BCUT2D eigenvalue weighted by atomic mass is 9.99. The molecule has 3 rings (SSSR count). The molecule has 0 spiro atoms. The first-order valence-electron chi connectivity index (χ1n) is 9.03. The number of rotatable bonds is 6. The second-order valence-electron chi connectivity index (χ2n) is 6.70. The smallest absolute Gasteiger partial charge is 0.272 e. The number of benzene rings is 2. The lowest BCUT2D eigenvalue weighted by Gasteiger charge is -2.13. The number of hydrogen-bond donors (Lipinski definition) is 1. The van der Waals surface area contributed by atoms with Crippen molar-refractivity contribution in [3.63, 3.8) is 0 Å². The average molecular weight is 405 g/mol. The number of nitrogens with one attached hydrogen (secondary N) is 1. The van der Waals surface area contributed by atoms with Crippen molar-refractivity contribution in [3.8, 4) is 28.7 Å². The van der Waals surface area contributed by atoms with E-state index in [1.54, 1.807) is 44.2 Å². The standard InChI is InChI=1S/C22H19N3O5/c1-13-8-17(5-6-20(13)25(27)28)30-12-16-10-15(4-7-21(16)29-3)18-9-14(2)24-22(26)19(18)11-23/h4-10H,12H2,1-3H3,(H,24,26). The lowest BCUT2D eigenvalue weighted by molar-refractivity contribution is -0.385. The highest BCUT2D eigenvalue weighted by atomic mass is 16.6. The van der Waals surface area contributed by atoms with Gasteiger partial charge in [-0.25, -0.2) is 0 Å². The van der Waals surface area contributed by atoms with E-state index in [4.69, 9.17) is 9.47 Å². The molecule has 0 fully saturated rings. The molecule has 8 heteroatoms. The molecule has 0 unspecified atom stereocenters. The average Bonchev–Trinajstić information content (AvgIpc) is 2.71. The Labute approximate surface area is 172 Å². The van der Waals surface area contributed by atoms with E-state index in [1.165, 1.54) is 19.2 Å². The molecule has 2 aromatic carbocycles. The molecule has 0 amide bonds. The van der Waals surface area contributed by atoms with Crippen molar-refractivity contribution in [2.45, 2.75) is 20.5 Å². The molecule has 30 heavy (non-hydrogen) atoms. The Balaban J connectivity index is 1.95. The Hall–Kier alpha value is -4.12. The number of nitrogens with zero attached hydrogens (tertiary/aromatic N) is 2. The number of aromatic amines is 1. The van der Waals surface area contributed by atoms with Crippen molar-refractivity contribution < 1.29 is 14.4 Å². The summed E-state index contributed by atoms with van der Waals surface area (Å²) in [7, 11) is 1.53. The number of hydrogen-bond acceptors (Lipinski definition) is 6. The van der Waals surface area contributed by atoms with E-state index in [-0.39, 0.29) is 17.9 Å².